The van der Waals surface area contributed by atoms with E-state index in [-0.39, 0.29) is 3.70 Å². The molecule has 0 aliphatic heterocycles. The van der Waals surface area contributed by atoms with Gasteiger partial charge in [0.25, 0.3) is 15.5 Å². The van der Waals surface area contributed by atoms with Gasteiger partial charge in [-0.05, 0) is 28.7 Å². The van der Waals surface area contributed by atoms with Crippen molar-refractivity contribution in [1.29, 1.82) is 5.26 Å². The molecule has 0 aliphatic rings. The Labute approximate surface area is 108 Å². The number of alkyl halides is 2. The predicted molar refractivity (Wildman–Crippen MR) is 59.7 cm³/mol. The van der Waals surface area contributed by atoms with E-state index in [0.29, 0.717) is 0 Å². The number of nitrogens with zero attached hydrogens (tertiary/aromatic N) is 2. The van der Waals surface area contributed by atoms with Gasteiger partial charge in [-0.1, -0.05) is 0 Å². The zero-order chi connectivity index (χ0) is 12.5. The minimum Gasteiger partial charge on any atom is -0.228 e. The Morgan fingerprint density at radius 2 is 2.12 bits per heavy atom. The number of nitriles is 1. The average molecular weight is 379 g/mol. The Balaban J connectivity index is 3.73. The first-order valence-electron chi connectivity index (χ1n) is 3.60. The minimum absolute atomic E-state index is 0.0952. The molecule has 0 saturated carbocycles. The molecule has 1 heterocycles. The molecule has 0 atom stereocenters. The van der Waals surface area contributed by atoms with Gasteiger partial charge in [0.05, 0.1) is 17.2 Å². The van der Waals surface area contributed by atoms with Crippen molar-refractivity contribution in [3.63, 3.8) is 0 Å². The third-order valence-electron chi connectivity index (χ3n) is 1.56. The van der Waals surface area contributed by atoms with Gasteiger partial charge in [0.15, 0.2) is 5.03 Å². The normalized spacial score (nSPS) is 11.5. The molecular weight excluding hydrogens is 377 g/mol. The summed E-state index contributed by atoms with van der Waals surface area (Å²) in [5, 5.41) is 7.66. The summed E-state index contributed by atoms with van der Waals surface area (Å²) in [6, 6.07) is 2.55. The molecule has 1 aromatic rings. The van der Waals surface area contributed by atoms with Gasteiger partial charge in [-0.15, -0.1) is 0 Å². The maximum atomic E-state index is 12.6. The zero-order valence-corrected chi connectivity index (χ0v) is 11.0. The monoisotopic (exact) mass is 378 g/mol. The van der Waals surface area contributed by atoms with Crippen LogP contribution in [0.1, 0.15) is 17.6 Å². The highest BCUT2D eigenvalue weighted by molar-refractivity contribution is 14.1. The lowest BCUT2D eigenvalue weighted by Gasteiger charge is -2.07. The highest BCUT2D eigenvalue weighted by Gasteiger charge is 2.27. The largest absolute Gasteiger partial charge is 0.279 e. The zero-order valence-electron chi connectivity index (χ0n) is 7.29. The Bertz CT molecular complexity index is 570. The van der Waals surface area contributed by atoms with Crippen LogP contribution < -0.4 is 0 Å². The van der Waals surface area contributed by atoms with E-state index in [9.17, 15) is 17.2 Å². The fraction of sp³-hybridized carbons (Fsp3) is 0.143. The third-order valence-corrected chi connectivity index (χ3v) is 3.33. The van der Waals surface area contributed by atoms with Crippen LogP contribution in [0.15, 0.2) is 11.1 Å². The molecule has 0 bridgehead atoms. The topological polar surface area (TPSA) is 70.8 Å². The van der Waals surface area contributed by atoms with Crippen molar-refractivity contribution < 1.29 is 17.2 Å². The molecule has 1 aromatic heterocycles. The standard InChI is InChI=1S/C7H2ClF2IN2O2S/c8-16(14,15)7-5(6(9)10)3(2-12)1-4(11)13-7/h1,6H. The molecule has 0 fully saturated rings. The Kier molecular flexibility index (Phi) is 4.03. The second-order valence-corrected chi connectivity index (χ2v) is 6.15. The Hall–Kier alpha value is -0.530. The number of pyridine rings is 1. The Morgan fingerprint density at radius 3 is 2.50 bits per heavy atom. The second-order valence-electron chi connectivity index (χ2n) is 2.56. The molecule has 0 aliphatic carbocycles. The van der Waals surface area contributed by atoms with Crippen LogP contribution in [-0.2, 0) is 9.05 Å². The molecule has 0 amide bonds. The molecule has 1 rings (SSSR count). The van der Waals surface area contributed by atoms with Crippen molar-refractivity contribution in [1.82, 2.24) is 4.98 Å². The van der Waals surface area contributed by atoms with E-state index in [1.807, 2.05) is 0 Å². The molecule has 0 unspecified atom stereocenters. The maximum Gasteiger partial charge on any atom is 0.279 e. The molecule has 0 N–H and O–H groups in total. The molecule has 0 spiro atoms. The van der Waals surface area contributed by atoms with Crippen molar-refractivity contribution in [2.75, 3.05) is 0 Å². The van der Waals surface area contributed by atoms with Crippen LogP contribution in [-0.4, -0.2) is 13.4 Å². The molecule has 0 aromatic carbocycles. The van der Waals surface area contributed by atoms with Crippen LogP contribution >= 0.6 is 33.3 Å². The summed E-state index contributed by atoms with van der Waals surface area (Å²) in [5.41, 5.74) is -1.41. The van der Waals surface area contributed by atoms with E-state index >= 15 is 0 Å². The molecule has 0 saturated heterocycles. The van der Waals surface area contributed by atoms with Gasteiger partial charge < -0.3 is 0 Å². The summed E-state index contributed by atoms with van der Waals surface area (Å²) in [6.07, 6.45) is -3.14. The van der Waals surface area contributed by atoms with E-state index in [1.54, 1.807) is 22.6 Å². The lowest BCUT2D eigenvalue weighted by atomic mass is 10.2. The summed E-state index contributed by atoms with van der Waals surface area (Å²) in [6.45, 7) is 0. The molecular formula is C7H2ClF2IN2O2S. The fourth-order valence-electron chi connectivity index (χ4n) is 0.991. The van der Waals surface area contributed by atoms with Crippen molar-refractivity contribution in [3.8, 4) is 6.07 Å². The quantitative estimate of drug-likeness (QED) is 0.450. The first-order valence-corrected chi connectivity index (χ1v) is 6.99. The summed E-state index contributed by atoms with van der Waals surface area (Å²) < 4.78 is 47.4. The number of aromatic nitrogens is 1. The SMILES string of the molecule is N#Cc1cc(I)nc(S(=O)(=O)Cl)c1C(F)F. The van der Waals surface area contributed by atoms with Crippen molar-refractivity contribution in [2.24, 2.45) is 0 Å². The molecule has 16 heavy (non-hydrogen) atoms. The van der Waals surface area contributed by atoms with Crippen molar-refractivity contribution in [2.45, 2.75) is 11.5 Å². The highest BCUT2D eigenvalue weighted by Crippen LogP contribution is 2.30. The lowest BCUT2D eigenvalue weighted by Crippen LogP contribution is -2.06. The van der Waals surface area contributed by atoms with Crippen LogP contribution in [0.4, 0.5) is 8.78 Å². The molecule has 86 valence electrons. The van der Waals surface area contributed by atoms with Gasteiger partial charge in [0.1, 0.15) is 3.70 Å². The van der Waals surface area contributed by atoms with Crippen molar-refractivity contribution in [3.05, 3.63) is 20.9 Å². The van der Waals surface area contributed by atoms with E-state index in [2.05, 4.69) is 4.98 Å². The third kappa shape index (κ3) is 2.78. The number of halogens is 4. The van der Waals surface area contributed by atoms with Gasteiger partial charge >= 0.3 is 0 Å². The fourth-order valence-corrected chi connectivity index (χ4v) is 2.73. The van der Waals surface area contributed by atoms with Gasteiger partial charge in [-0.25, -0.2) is 22.2 Å². The van der Waals surface area contributed by atoms with E-state index in [0.717, 1.165) is 6.07 Å². The smallest absolute Gasteiger partial charge is 0.228 e. The Morgan fingerprint density at radius 1 is 1.56 bits per heavy atom. The van der Waals surface area contributed by atoms with Crippen LogP contribution in [0, 0.1) is 15.0 Å². The van der Waals surface area contributed by atoms with E-state index in [1.165, 1.54) is 6.07 Å². The summed E-state index contributed by atoms with van der Waals surface area (Å²) in [5.74, 6) is 0. The summed E-state index contributed by atoms with van der Waals surface area (Å²) in [7, 11) is 0.564. The van der Waals surface area contributed by atoms with Gasteiger partial charge in [-0.3, -0.25) is 0 Å². The second kappa shape index (κ2) is 4.77. The van der Waals surface area contributed by atoms with Crippen LogP contribution in [0.5, 0.6) is 0 Å². The molecule has 9 heteroatoms. The van der Waals surface area contributed by atoms with E-state index in [4.69, 9.17) is 15.9 Å². The first-order chi connectivity index (χ1) is 7.27. The maximum absolute atomic E-state index is 12.6. The van der Waals surface area contributed by atoms with Crippen LogP contribution in [0.2, 0.25) is 0 Å². The lowest BCUT2D eigenvalue weighted by molar-refractivity contribution is 0.146. The summed E-state index contributed by atoms with van der Waals surface area (Å²) in [4.78, 5) is 3.41. The van der Waals surface area contributed by atoms with Gasteiger partial charge in [0.2, 0.25) is 0 Å². The predicted octanol–water partition coefficient (Wildman–Crippen LogP) is 2.42. The number of hydrogen-bond acceptors (Lipinski definition) is 4. The minimum atomic E-state index is -4.41. The average Bonchev–Trinajstić information content (AvgIpc) is 2.14. The number of hydrogen-bond donors (Lipinski definition) is 0. The van der Waals surface area contributed by atoms with Gasteiger partial charge in [-0.2, -0.15) is 5.26 Å². The highest BCUT2D eigenvalue weighted by atomic mass is 127. The van der Waals surface area contributed by atoms with Gasteiger partial charge in [0, 0.05) is 10.7 Å². The van der Waals surface area contributed by atoms with Crippen molar-refractivity contribution >= 4 is 42.3 Å². The van der Waals surface area contributed by atoms with E-state index < -0.39 is 31.6 Å². The molecule has 4 nitrogen and oxygen atoms in total. The van der Waals surface area contributed by atoms with Crippen LogP contribution in [0.25, 0.3) is 0 Å². The molecule has 0 radical (unpaired) electrons. The number of rotatable bonds is 2. The first kappa shape index (κ1) is 13.5. The van der Waals surface area contributed by atoms with Crippen LogP contribution in [0.3, 0.4) is 0 Å². The summed E-state index contributed by atoms with van der Waals surface area (Å²) >= 11 is 1.60.